The number of nitrogens with zero attached hydrogens (tertiary/aromatic N) is 1. The molecule has 0 fully saturated rings. The number of aromatic nitrogens is 2. The molecular weight excluding hydrogens is 216 g/mol. The predicted molar refractivity (Wildman–Crippen MR) is 67.8 cm³/mol. The zero-order valence-corrected chi connectivity index (χ0v) is 9.48. The quantitative estimate of drug-likeness (QED) is 0.589. The maximum atomic E-state index is 9.24. The van der Waals surface area contributed by atoms with E-state index in [0.717, 1.165) is 29.9 Å². The molecule has 0 amide bonds. The summed E-state index contributed by atoms with van der Waals surface area (Å²) in [6.45, 7) is 1.49. The Labute approximate surface area is 99.7 Å². The fourth-order valence-electron chi connectivity index (χ4n) is 1.59. The van der Waals surface area contributed by atoms with Gasteiger partial charge in [-0.1, -0.05) is 0 Å². The molecule has 5 heteroatoms. The van der Waals surface area contributed by atoms with Crippen molar-refractivity contribution in [1.82, 2.24) is 10.2 Å². The third-order valence-electron chi connectivity index (χ3n) is 2.49. The molecule has 0 atom stereocenters. The monoisotopic (exact) mass is 232 g/mol. The van der Waals surface area contributed by atoms with E-state index in [1.165, 1.54) is 0 Å². The molecule has 0 aliphatic heterocycles. The van der Waals surface area contributed by atoms with Crippen LogP contribution in [0.2, 0.25) is 0 Å². The summed E-state index contributed by atoms with van der Waals surface area (Å²) >= 11 is 0. The Balaban J connectivity index is 2.15. The zero-order valence-electron chi connectivity index (χ0n) is 9.48. The SMILES string of the molecule is NCCCNc1cn[nH]c1-c1ccc(O)cc1. The van der Waals surface area contributed by atoms with Gasteiger partial charge in [-0.15, -0.1) is 0 Å². The van der Waals surface area contributed by atoms with Gasteiger partial charge in [0.25, 0.3) is 0 Å². The van der Waals surface area contributed by atoms with Gasteiger partial charge >= 0.3 is 0 Å². The fourth-order valence-corrected chi connectivity index (χ4v) is 1.59. The van der Waals surface area contributed by atoms with Crippen LogP contribution in [-0.2, 0) is 0 Å². The van der Waals surface area contributed by atoms with Crippen LogP contribution >= 0.6 is 0 Å². The van der Waals surface area contributed by atoms with Crippen molar-refractivity contribution in [3.63, 3.8) is 0 Å². The van der Waals surface area contributed by atoms with Gasteiger partial charge in [0.1, 0.15) is 5.75 Å². The molecule has 0 saturated carbocycles. The molecule has 0 radical (unpaired) electrons. The minimum Gasteiger partial charge on any atom is -0.508 e. The first kappa shape index (κ1) is 11.5. The van der Waals surface area contributed by atoms with E-state index in [1.807, 2.05) is 12.1 Å². The lowest BCUT2D eigenvalue weighted by Gasteiger charge is -2.06. The predicted octanol–water partition coefficient (Wildman–Crippen LogP) is 1.54. The maximum Gasteiger partial charge on any atom is 0.115 e. The van der Waals surface area contributed by atoms with Crippen LogP contribution in [-0.4, -0.2) is 28.4 Å². The molecule has 2 aromatic rings. The van der Waals surface area contributed by atoms with Gasteiger partial charge in [0.05, 0.1) is 17.6 Å². The van der Waals surface area contributed by atoms with Crippen molar-refractivity contribution in [2.24, 2.45) is 5.73 Å². The van der Waals surface area contributed by atoms with Gasteiger partial charge in [-0.25, -0.2) is 0 Å². The van der Waals surface area contributed by atoms with Crippen molar-refractivity contribution in [2.75, 3.05) is 18.4 Å². The second-order valence-corrected chi connectivity index (χ2v) is 3.77. The van der Waals surface area contributed by atoms with Crippen LogP contribution in [0.4, 0.5) is 5.69 Å². The van der Waals surface area contributed by atoms with Gasteiger partial charge in [0, 0.05) is 12.1 Å². The van der Waals surface area contributed by atoms with Crippen molar-refractivity contribution >= 4 is 5.69 Å². The topological polar surface area (TPSA) is 87.0 Å². The Bertz CT molecular complexity index is 464. The molecule has 1 aromatic heterocycles. The summed E-state index contributed by atoms with van der Waals surface area (Å²) in [5.41, 5.74) is 8.29. The van der Waals surface area contributed by atoms with Gasteiger partial charge in [0.2, 0.25) is 0 Å². The van der Waals surface area contributed by atoms with Crippen LogP contribution in [0.3, 0.4) is 0 Å². The maximum absolute atomic E-state index is 9.24. The fraction of sp³-hybridized carbons (Fsp3) is 0.250. The van der Waals surface area contributed by atoms with E-state index in [2.05, 4.69) is 15.5 Å². The third-order valence-corrected chi connectivity index (χ3v) is 2.49. The summed E-state index contributed by atoms with van der Waals surface area (Å²) < 4.78 is 0. The third kappa shape index (κ3) is 2.76. The Morgan fingerprint density at radius 1 is 1.29 bits per heavy atom. The lowest BCUT2D eigenvalue weighted by Crippen LogP contribution is -2.08. The van der Waals surface area contributed by atoms with Crippen molar-refractivity contribution in [2.45, 2.75) is 6.42 Å². The minimum atomic E-state index is 0.255. The average molecular weight is 232 g/mol. The van der Waals surface area contributed by atoms with Gasteiger partial charge < -0.3 is 16.2 Å². The highest BCUT2D eigenvalue weighted by Gasteiger charge is 2.06. The molecule has 0 aliphatic carbocycles. The first-order valence-corrected chi connectivity index (χ1v) is 5.58. The number of benzene rings is 1. The van der Waals surface area contributed by atoms with Crippen LogP contribution < -0.4 is 11.1 Å². The molecule has 1 aromatic carbocycles. The Hall–Kier alpha value is -2.01. The normalized spacial score (nSPS) is 10.4. The Morgan fingerprint density at radius 2 is 2.06 bits per heavy atom. The van der Waals surface area contributed by atoms with Crippen LogP contribution in [0.5, 0.6) is 5.75 Å². The smallest absolute Gasteiger partial charge is 0.115 e. The van der Waals surface area contributed by atoms with Crippen LogP contribution in [0.25, 0.3) is 11.3 Å². The number of nitrogens with two attached hydrogens (primary N) is 1. The second-order valence-electron chi connectivity index (χ2n) is 3.77. The van der Waals surface area contributed by atoms with Crippen molar-refractivity contribution in [3.8, 4) is 17.0 Å². The number of phenols is 1. The molecule has 0 bridgehead atoms. The number of hydrogen-bond acceptors (Lipinski definition) is 4. The Kier molecular flexibility index (Phi) is 3.62. The molecule has 5 N–H and O–H groups in total. The number of phenolic OH excluding ortho intramolecular Hbond substituents is 1. The highest BCUT2D eigenvalue weighted by molar-refractivity contribution is 5.73. The molecule has 2 rings (SSSR count). The van der Waals surface area contributed by atoms with Crippen LogP contribution in [0.1, 0.15) is 6.42 Å². The minimum absolute atomic E-state index is 0.255. The van der Waals surface area contributed by atoms with Gasteiger partial charge in [-0.05, 0) is 37.2 Å². The number of H-pyrrole nitrogens is 1. The number of rotatable bonds is 5. The largest absolute Gasteiger partial charge is 0.508 e. The highest BCUT2D eigenvalue weighted by atomic mass is 16.3. The van der Waals surface area contributed by atoms with Crippen LogP contribution in [0.15, 0.2) is 30.5 Å². The van der Waals surface area contributed by atoms with E-state index in [4.69, 9.17) is 5.73 Å². The van der Waals surface area contributed by atoms with E-state index in [9.17, 15) is 5.11 Å². The number of aromatic amines is 1. The van der Waals surface area contributed by atoms with Gasteiger partial charge in [-0.2, -0.15) is 5.10 Å². The van der Waals surface area contributed by atoms with Crippen molar-refractivity contribution < 1.29 is 5.11 Å². The molecule has 0 spiro atoms. The highest BCUT2D eigenvalue weighted by Crippen LogP contribution is 2.26. The van der Waals surface area contributed by atoms with E-state index in [1.54, 1.807) is 18.3 Å². The molecule has 90 valence electrons. The molecule has 0 saturated heterocycles. The summed E-state index contributed by atoms with van der Waals surface area (Å²) in [4.78, 5) is 0. The van der Waals surface area contributed by atoms with Crippen molar-refractivity contribution in [1.29, 1.82) is 0 Å². The molecular formula is C12H16N4O. The average Bonchev–Trinajstić information content (AvgIpc) is 2.79. The lowest BCUT2D eigenvalue weighted by atomic mass is 10.1. The number of aromatic hydroxyl groups is 1. The molecule has 17 heavy (non-hydrogen) atoms. The second kappa shape index (κ2) is 5.36. The number of hydrogen-bond donors (Lipinski definition) is 4. The number of nitrogens with one attached hydrogen (secondary N) is 2. The van der Waals surface area contributed by atoms with E-state index >= 15 is 0 Å². The summed E-state index contributed by atoms with van der Waals surface area (Å²) in [6.07, 6.45) is 2.67. The molecule has 0 aliphatic rings. The molecule has 0 unspecified atom stereocenters. The van der Waals surface area contributed by atoms with Crippen LogP contribution in [0, 0.1) is 0 Å². The summed E-state index contributed by atoms with van der Waals surface area (Å²) in [5.74, 6) is 0.255. The number of anilines is 1. The van der Waals surface area contributed by atoms with Crippen molar-refractivity contribution in [3.05, 3.63) is 30.5 Å². The summed E-state index contributed by atoms with van der Waals surface area (Å²) in [5, 5.41) is 19.5. The molecule has 1 heterocycles. The van der Waals surface area contributed by atoms with Gasteiger partial charge in [0.15, 0.2) is 0 Å². The zero-order chi connectivity index (χ0) is 12.1. The van der Waals surface area contributed by atoms with E-state index in [-0.39, 0.29) is 5.75 Å². The van der Waals surface area contributed by atoms with E-state index < -0.39 is 0 Å². The Morgan fingerprint density at radius 3 is 2.76 bits per heavy atom. The first-order chi connectivity index (χ1) is 8.31. The lowest BCUT2D eigenvalue weighted by molar-refractivity contribution is 0.475. The summed E-state index contributed by atoms with van der Waals surface area (Å²) in [7, 11) is 0. The van der Waals surface area contributed by atoms with Gasteiger partial charge in [-0.3, -0.25) is 5.10 Å². The standard InChI is InChI=1S/C12H16N4O/c13-6-1-7-14-11-8-15-16-12(11)9-2-4-10(17)5-3-9/h2-5,8,14,17H,1,6-7,13H2,(H,15,16). The first-order valence-electron chi connectivity index (χ1n) is 5.58. The summed E-state index contributed by atoms with van der Waals surface area (Å²) in [6, 6.07) is 6.99. The molecule has 5 nitrogen and oxygen atoms in total. The van der Waals surface area contributed by atoms with E-state index in [0.29, 0.717) is 6.54 Å².